The van der Waals surface area contributed by atoms with Gasteiger partial charge in [0.2, 0.25) is 0 Å². The maximum Gasteiger partial charge on any atom is 0.123 e. The molecule has 0 aliphatic heterocycles. The number of hydrogen-bond donors (Lipinski definition) is 2. The molecule has 1 aromatic heterocycles. The van der Waals surface area contributed by atoms with Crippen LogP contribution in [0.15, 0.2) is 24.4 Å². The monoisotopic (exact) mass is 220 g/mol. The highest BCUT2D eigenvalue weighted by atomic mass is 19.1. The van der Waals surface area contributed by atoms with Gasteiger partial charge in [0.25, 0.3) is 0 Å². The molecule has 86 valence electrons. The SMILES string of the molecule is CCC(C)(N)Cc1c[nH]c2ccc(F)cc12. The first kappa shape index (κ1) is 11.1. The van der Waals surface area contributed by atoms with Crippen molar-refractivity contribution in [3.63, 3.8) is 0 Å². The van der Waals surface area contributed by atoms with E-state index < -0.39 is 0 Å². The average Bonchev–Trinajstić information content (AvgIpc) is 2.61. The number of rotatable bonds is 3. The maximum absolute atomic E-state index is 13.2. The predicted molar refractivity (Wildman–Crippen MR) is 64.8 cm³/mol. The number of halogens is 1. The zero-order chi connectivity index (χ0) is 11.8. The summed E-state index contributed by atoms with van der Waals surface area (Å²) in [7, 11) is 0. The summed E-state index contributed by atoms with van der Waals surface area (Å²) < 4.78 is 13.2. The van der Waals surface area contributed by atoms with Crippen LogP contribution in [0.4, 0.5) is 4.39 Å². The third-order valence-electron chi connectivity index (χ3n) is 3.13. The van der Waals surface area contributed by atoms with E-state index in [2.05, 4.69) is 11.9 Å². The topological polar surface area (TPSA) is 41.8 Å². The largest absolute Gasteiger partial charge is 0.361 e. The minimum absolute atomic E-state index is 0.205. The molecule has 0 radical (unpaired) electrons. The van der Waals surface area contributed by atoms with Crippen LogP contribution in [-0.2, 0) is 6.42 Å². The van der Waals surface area contributed by atoms with Gasteiger partial charge in [-0.25, -0.2) is 4.39 Å². The quantitative estimate of drug-likeness (QED) is 0.820. The summed E-state index contributed by atoms with van der Waals surface area (Å²) in [5, 5.41) is 0.935. The van der Waals surface area contributed by atoms with Crippen molar-refractivity contribution in [1.82, 2.24) is 4.98 Å². The van der Waals surface area contributed by atoms with Crippen LogP contribution in [0, 0.1) is 5.82 Å². The second-order valence-electron chi connectivity index (χ2n) is 4.69. The molecule has 1 atom stereocenters. The zero-order valence-electron chi connectivity index (χ0n) is 9.68. The van der Waals surface area contributed by atoms with Gasteiger partial charge in [0.1, 0.15) is 5.82 Å². The Bertz CT molecular complexity index is 500. The number of nitrogens with two attached hydrogens (primary N) is 1. The summed E-state index contributed by atoms with van der Waals surface area (Å²) in [6.45, 7) is 4.08. The fourth-order valence-electron chi connectivity index (χ4n) is 1.86. The molecule has 1 heterocycles. The Kier molecular flexibility index (Phi) is 2.72. The van der Waals surface area contributed by atoms with Crippen LogP contribution in [0.25, 0.3) is 10.9 Å². The Hall–Kier alpha value is -1.35. The zero-order valence-corrected chi connectivity index (χ0v) is 9.68. The molecule has 2 nitrogen and oxygen atoms in total. The summed E-state index contributed by atoms with van der Waals surface area (Å²) in [6.07, 6.45) is 3.58. The molecule has 0 aliphatic carbocycles. The Balaban J connectivity index is 2.41. The number of aromatic amines is 1. The van der Waals surface area contributed by atoms with Crippen molar-refractivity contribution in [2.45, 2.75) is 32.2 Å². The summed E-state index contributed by atoms with van der Waals surface area (Å²) in [5.74, 6) is -0.205. The van der Waals surface area contributed by atoms with E-state index in [0.717, 1.165) is 29.3 Å². The van der Waals surface area contributed by atoms with Crippen LogP contribution in [0.3, 0.4) is 0 Å². The van der Waals surface area contributed by atoms with Gasteiger partial charge in [-0.05, 0) is 43.5 Å². The highest BCUT2D eigenvalue weighted by Crippen LogP contribution is 2.23. The Morgan fingerprint density at radius 1 is 1.44 bits per heavy atom. The summed E-state index contributed by atoms with van der Waals surface area (Å²) >= 11 is 0. The molecular weight excluding hydrogens is 203 g/mol. The van der Waals surface area contributed by atoms with Crippen molar-refractivity contribution in [1.29, 1.82) is 0 Å². The van der Waals surface area contributed by atoms with Crippen molar-refractivity contribution in [3.05, 3.63) is 35.8 Å². The number of aromatic nitrogens is 1. The molecule has 16 heavy (non-hydrogen) atoms. The lowest BCUT2D eigenvalue weighted by molar-refractivity contribution is 0.451. The van der Waals surface area contributed by atoms with E-state index in [4.69, 9.17) is 5.73 Å². The third kappa shape index (κ3) is 2.09. The van der Waals surface area contributed by atoms with Gasteiger partial charge in [-0.1, -0.05) is 6.92 Å². The summed E-state index contributed by atoms with van der Waals surface area (Å²) in [5.41, 5.74) is 7.94. The highest BCUT2D eigenvalue weighted by Gasteiger charge is 2.18. The fraction of sp³-hybridized carbons (Fsp3) is 0.385. The summed E-state index contributed by atoms with van der Waals surface area (Å²) in [4.78, 5) is 3.14. The van der Waals surface area contributed by atoms with Gasteiger partial charge in [0, 0.05) is 22.6 Å². The van der Waals surface area contributed by atoms with Crippen LogP contribution in [-0.4, -0.2) is 10.5 Å². The van der Waals surface area contributed by atoms with Crippen LogP contribution in [0.2, 0.25) is 0 Å². The lowest BCUT2D eigenvalue weighted by Gasteiger charge is -2.22. The average molecular weight is 220 g/mol. The van der Waals surface area contributed by atoms with Gasteiger partial charge in [-0.2, -0.15) is 0 Å². The molecule has 0 fully saturated rings. The van der Waals surface area contributed by atoms with Gasteiger partial charge >= 0.3 is 0 Å². The van der Waals surface area contributed by atoms with E-state index in [1.807, 2.05) is 13.1 Å². The van der Waals surface area contributed by atoms with Gasteiger partial charge < -0.3 is 10.7 Å². The smallest absolute Gasteiger partial charge is 0.123 e. The van der Waals surface area contributed by atoms with Crippen molar-refractivity contribution in [2.24, 2.45) is 5.73 Å². The molecule has 0 aliphatic rings. The molecule has 1 aromatic carbocycles. The molecule has 0 amide bonds. The van der Waals surface area contributed by atoms with Crippen molar-refractivity contribution in [3.8, 4) is 0 Å². The Morgan fingerprint density at radius 2 is 2.19 bits per heavy atom. The maximum atomic E-state index is 13.2. The third-order valence-corrected chi connectivity index (χ3v) is 3.13. The van der Waals surface area contributed by atoms with Crippen molar-refractivity contribution in [2.75, 3.05) is 0 Å². The van der Waals surface area contributed by atoms with E-state index in [0.29, 0.717) is 0 Å². The van der Waals surface area contributed by atoms with E-state index in [9.17, 15) is 4.39 Å². The predicted octanol–water partition coefficient (Wildman–Crippen LogP) is 2.98. The molecule has 0 saturated heterocycles. The van der Waals surface area contributed by atoms with Crippen LogP contribution >= 0.6 is 0 Å². The van der Waals surface area contributed by atoms with Crippen LogP contribution in [0.5, 0.6) is 0 Å². The summed E-state index contributed by atoms with van der Waals surface area (Å²) in [6, 6.07) is 4.78. The molecule has 0 saturated carbocycles. The molecule has 2 aromatic rings. The number of hydrogen-bond acceptors (Lipinski definition) is 1. The van der Waals surface area contributed by atoms with Crippen molar-refractivity contribution < 1.29 is 4.39 Å². The molecule has 1 unspecified atom stereocenters. The fourth-order valence-corrected chi connectivity index (χ4v) is 1.86. The van der Waals surface area contributed by atoms with E-state index in [1.54, 1.807) is 12.1 Å². The van der Waals surface area contributed by atoms with Gasteiger partial charge in [-0.3, -0.25) is 0 Å². The molecule has 2 rings (SSSR count). The van der Waals surface area contributed by atoms with Gasteiger partial charge in [0.15, 0.2) is 0 Å². The first-order chi connectivity index (χ1) is 7.52. The number of benzene rings is 1. The van der Waals surface area contributed by atoms with Crippen molar-refractivity contribution >= 4 is 10.9 Å². The molecule has 0 spiro atoms. The molecule has 3 heteroatoms. The Labute approximate surface area is 94.7 Å². The first-order valence-electron chi connectivity index (χ1n) is 5.56. The lowest BCUT2D eigenvalue weighted by Crippen LogP contribution is -2.37. The minimum Gasteiger partial charge on any atom is -0.361 e. The number of fused-ring (bicyclic) bond motifs is 1. The molecule has 0 bridgehead atoms. The first-order valence-corrected chi connectivity index (χ1v) is 5.56. The van der Waals surface area contributed by atoms with Gasteiger partial charge in [-0.15, -0.1) is 0 Å². The van der Waals surface area contributed by atoms with Gasteiger partial charge in [0.05, 0.1) is 0 Å². The normalized spacial score (nSPS) is 15.2. The minimum atomic E-state index is -0.235. The molecular formula is C13H17FN2. The standard InChI is InChI=1S/C13H17FN2/c1-3-13(2,15)7-9-8-16-12-5-4-10(14)6-11(9)12/h4-6,8,16H,3,7,15H2,1-2H3. The second kappa shape index (κ2) is 3.91. The van der Waals surface area contributed by atoms with Crippen LogP contribution in [0.1, 0.15) is 25.8 Å². The second-order valence-corrected chi connectivity index (χ2v) is 4.69. The number of H-pyrrole nitrogens is 1. The molecule has 3 N–H and O–H groups in total. The Morgan fingerprint density at radius 3 is 2.88 bits per heavy atom. The lowest BCUT2D eigenvalue weighted by atomic mass is 9.91. The number of nitrogens with one attached hydrogen (secondary N) is 1. The van der Waals surface area contributed by atoms with E-state index in [-0.39, 0.29) is 11.4 Å². The van der Waals surface area contributed by atoms with E-state index >= 15 is 0 Å². The van der Waals surface area contributed by atoms with Crippen LogP contribution < -0.4 is 5.73 Å². The van der Waals surface area contributed by atoms with E-state index in [1.165, 1.54) is 6.07 Å². The highest BCUT2D eigenvalue weighted by molar-refractivity contribution is 5.83.